The number of hydrogen-bond donors (Lipinski definition) is 1. The third-order valence-corrected chi connectivity index (χ3v) is 2.93. The lowest BCUT2D eigenvalue weighted by Gasteiger charge is -2.28. The van der Waals surface area contributed by atoms with Crippen LogP contribution in [0.1, 0.15) is 11.1 Å². The van der Waals surface area contributed by atoms with Crippen LogP contribution >= 0.6 is 0 Å². The lowest BCUT2D eigenvalue weighted by Crippen LogP contribution is -2.28. The van der Waals surface area contributed by atoms with Crippen molar-refractivity contribution in [3.05, 3.63) is 29.3 Å². The molecule has 1 aliphatic rings. The van der Waals surface area contributed by atoms with Crippen molar-refractivity contribution in [1.29, 1.82) is 0 Å². The summed E-state index contributed by atoms with van der Waals surface area (Å²) in [7, 11) is 1.60. The molecule has 0 aliphatic carbocycles. The molecule has 1 atom stereocenters. The fourth-order valence-electron chi connectivity index (χ4n) is 2.20. The third-order valence-electron chi connectivity index (χ3n) is 2.93. The quantitative estimate of drug-likeness (QED) is 0.865. The Labute approximate surface area is 97.8 Å². The van der Waals surface area contributed by atoms with Crippen molar-refractivity contribution in [3.8, 4) is 0 Å². The number of benzene rings is 1. The summed E-state index contributed by atoms with van der Waals surface area (Å²) in [5, 5.41) is 2.87. The van der Waals surface area contributed by atoms with Gasteiger partial charge in [-0.3, -0.25) is 0 Å². The highest BCUT2D eigenvalue weighted by Gasteiger charge is 2.35. The van der Waals surface area contributed by atoms with Crippen LogP contribution in [-0.4, -0.2) is 20.3 Å². The molecule has 0 aromatic heterocycles. The van der Waals surface area contributed by atoms with E-state index < -0.39 is 11.7 Å². The minimum atomic E-state index is -4.30. The number of hydrogen-bond acceptors (Lipinski definition) is 2. The largest absolute Gasteiger partial charge is 0.418 e. The van der Waals surface area contributed by atoms with E-state index in [0.717, 1.165) is 6.07 Å². The average molecular weight is 245 g/mol. The van der Waals surface area contributed by atoms with Gasteiger partial charge in [0.15, 0.2) is 0 Å². The first-order valence-electron chi connectivity index (χ1n) is 5.44. The van der Waals surface area contributed by atoms with Crippen molar-refractivity contribution in [2.75, 3.05) is 25.6 Å². The van der Waals surface area contributed by atoms with Crippen molar-refractivity contribution in [3.63, 3.8) is 0 Å². The van der Waals surface area contributed by atoms with Crippen LogP contribution in [0.15, 0.2) is 18.2 Å². The second kappa shape index (κ2) is 4.56. The predicted octanol–water partition coefficient (Wildman–Crippen LogP) is 2.94. The SMILES string of the molecule is COCC1CNc2c(cccc2C(F)(F)F)C1. The highest BCUT2D eigenvalue weighted by Crippen LogP contribution is 2.38. The lowest BCUT2D eigenvalue weighted by molar-refractivity contribution is -0.137. The maximum atomic E-state index is 12.8. The molecule has 1 aromatic rings. The number of alkyl halides is 3. The Kier molecular flexibility index (Phi) is 3.28. The summed E-state index contributed by atoms with van der Waals surface area (Å²) in [6.07, 6.45) is -3.67. The van der Waals surface area contributed by atoms with E-state index in [-0.39, 0.29) is 11.6 Å². The van der Waals surface area contributed by atoms with E-state index in [2.05, 4.69) is 5.32 Å². The number of anilines is 1. The van der Waals surface area contributed by atoms with Gasteiger partial charge < -0.3 is 10.1 Å². The van der Waals surface area contributed by atoms with Gasteiger partial charge in [-0.25, -0.2) is 0 Å². The van der Waals surface area contributed by atoms with E-state index >= 15 is 0 Å². The molecule has 0 spiro atoms. The van der Waals surface area contributed by atoms with Gasteiger partial charge in [0.2, 0.25) is 0 Å². The molecule has 94 valence electrons. The van der Waals surface area contributed by atoms with Gasteiger partial charge in [-0.05, 0) is 18.1 Å². The molecule has 0 bridgehead atoms. The number of methoxy groups -OCH3 is 1. The molecular formula is C12H14F3NO. The fraction of sp³-hybridized carbons (Fsp3) is 0.500. The summed E-state index contributed by atoms with van der Waals surface area (Å²) in [5.74, 6) is 0.232. The van der Waals surface area contributed by atoms with Gasteiger partial charge in [0, 0.05) is 25.3 Å². The highest BCUT2D eigenvalue weighted by molar-refractivity contribution is 5.60. The molecule has 1 heterocycles. The molecule has 5 heteroatoms. The molecule has 17 heavy (non-hydrogen) atoms. The first kappa shape index (κ1) is 12.2. The molecule has 0 saturated carbocycles. The summed E-state index contributed by atoms with van der Waals surface area (Å²) in [6.45, 7) is 1.08. The number of ether oxygens (including phenoxy) is 1. The van der Waals surface area contributed by atoms with Crippen LogP contribution in [0, 0.1) is 5.92 Å². The number of fused-ring (bicyclic) bond motifs is 1. The molecule has 1 aromatic carbocycles. The molecule has 2 rings (SSSR count). The van der Waals surface area contributed by atoms with Gasteiger partial charge in [-0.2, -0.15) is 13.2 Å². The van der Waals surface area contributed by atoms with Crippen LogP contribution in [0.5, 0.6) is 0 Å². The standard InChI is InChI=1S/C12H14F3NO/c1-17-7-8-5-9-3-2-4-10(12(13,14)15)11(9)16-6-8/h2-4,8,16H,5-7H2,1H3. The molecular weight excluding hydrogens is 231 g/mol. The van der Waals surface area contributed by atoms with Crippen LogP contribution in [-0.2, 0) is 17.3 Å². The van der Waals surface area contributed by atoms with Gasteiger partial charge in [0.05, 0.1) is 12.2 Å². The van der Waals surface area contributed by atoms with Crippen LogP contribution < -0.4 is 5.32 Å². The Morgan fingerprint density at radius 3 is 2.82 bits per heavy atom. The molecule has 0 radical (unpaired) electrons. The summed E-state index contributed by atoms with van der Waals surface area (Å²) in [4.78, 5) is 0. The zero-order valence-electron chi connectivity index (χ0n) is 9.47. The zero-order valence-corrected chi connectivity index (χ0v) is 9.47. The molecule has 1 aliphatic heterocycles. The third kappa shape index (κ3) is 2.54. The second-order valence-electron chi connectivity index (χ2n) is 4.24. The Bertz CT molecular complexity index is 403. The van der Waals surface area contributed by atoms with Crippen LogP contribution in [0.25, 0.3) is 0 Å². The van der Waals surface area contributed by atoms with E-state index in [1.54, 1.807) is 13.2 Å². The van der Waals surface area contributed by atoms with Crippen molar-refractivity contribution >= 4 is 5.69 Å². The summed E-state index contributed by atoms with van der Waals surface area (Å²) in [5.41, 5.74) is 0.367. The van der Waals surface area contributed by atoms with Crippen molar-refractivity contribution < 1.29 is 17.9 Å². The van der Waals surface area contributed by atoms with E-state index in [1.807, 2.05) is 0 Å². The maximum Gasteiger partial charge on any atom is 0.418 e. The second-order valence-corrected chi connectivity index (χ2v) is 4.24. The number of para-hydroxylation sites is 1. The topological polar surface area (TPSA) is 21.3 Å². The van der Waals surface area contributed by atoms with Crippen LogP contribution in [0.4, 0.5) is 18.9 Å². The smallest absolute Gasteiger partial charge is 0.384 e. The van der Waals surface area contributed by atoms with Crippen molar-refractivity contribution in [1.82, 2.24) is 0 Å². The fourth-order valence-corrected chi connectivity index (χ4v) is 2.20. The Morgan fingerprint density at radius 1 is 1.41 bits per heavy atom. The molecule has 1 N–H and O–H groups in total. The Balaban J connectivity index is 2.29. The van der Waals surface area contributed by atoms with Crippen molar-refractivity contribution in [2.45, 2.75) is 12.6 Å². The summed E-state index contributed by atoms with van der Waals surface area (Å²) >= 11 is 0. The van der Waals surface area contributed by atoms with Gasteiger partial charge in [0.25, 0.3) is 0 Å². The summed E-state index contributed by atoms with van der Waals surface area (Å²) < 4.78 is 43.3. The molecule has 0 fully saturated rings. The normalized spacial score (nSPS) is 19.6. The Morgan fingerprint density at radius 2 is 2.18 bits per heavy atom. The van der Waals surface area contributed by atoms with Gasteiger partial charge in [-0.15, -0.1) is 0 Å². The monoisotopic (exact) mass is 245 g/mol. The van der Waals surface area contributed by atoms with E-state index in [0.29, 0.717) is 25.1 Å². The number of nitrogens with one attached hydrogen (secondary N) is 1. The first-order chi connectivity index (χ1) is 8.02. The van der Waals surface area contributed by atoms with Gasteiger partial charge >= 0.3 is 6.18 Å². The minimum absolute atomic E-state index is 0.229. The van der Waals surface area contributed by atoms with Crippen LogP contribution in [0.3, 0.4) is 0 Å². The summed E-state index contributed by atoms with van der Waals surface area (Å²) in [6, 6.07) is 4.31. The molecule has 1 unspecified atom stereocenters. The lowest BCUT2D eigenvalue weighted by atomic mass is 9.92. The first-order valence-corrected chi connectivity index (χ1v) is 5.44. The number of rotatable bonds is 2. The van der Waals surface area contributed by atoms with E-state index in [4.69, 9.17) is 4.74 Å². The van der Waals surface area contributed by atoms with Gasteiger partial charge in [-0.1, -0.05) is 12.1 Å². The van der Waals surface area contributed by atoms with E-state index in [1.165, 1.54) is 6.07 Å². The van der Waals surface area contributed by atoms with Crippen molar-refractivity contribution in [2.24, 2.45) is 5.92 Å². The predicted molar refractivity (Wildman–Crippen MR) is 59.0 cm³/mol. The molecule has 0 saturated heterocycles. The maximum absolute atomic E-state index is 12.8. The van der Waals surface area contributed by atoms with E-state index in [9.17, 15) is 13.2 Å². The average Bonchev–Trinajstić information content (AvgIpc) is 2.27. The minimum Gasteiger partial charge on any atom is -0.384 e. The Hall–Kier alpha value is -1.23. The van der Waals surface area contributed by atoms with Gasteiger partial charge in [0.1, 0.15) is 0 Å². The highest BCUT2D eigenvalue weighted by atomic mass is 19.4. The zero-order chi connectivity index (χ0) is 12.5. The molecule has 0 amide bonds. The van der Waals surface area contributed by atoms with Crippen LogP contribution in [0.2, 0.25) is 0 Å². The number of halogens is 3. The molecule has 2 nitrogen and oxygen atoms in total.